The zero-order chi connectivity index (χ0) is 15.2. The molecule has 0 radical (unpaired) electrons. The molecule has 4 heteroatoms. The highest BCUT2D eigenvalue weighted by atomic mass is 16.6. The second kappa shape index (κ2) is 6.79. The Morgan fingerprint density at radius 2 is 1.67 bits per heavy atom. The van der Waals surface area contributed by atoms with E-state index in [1.54, 1.807) is 31.4 Å². The Kier molecular flexibility index (Phi) is 4.82. The Morgan fingerprint density at radius 1 is 1.00 bits per heavy atom. The van der Waals surface area contributed by atoms with Crippen molar-refractivity contribution >= 4 is 5.97 Å². The van der Waals surface area contributed by atoms with Crippen LogP contribution in [0, 0.1) is 13.8 Å². The summed E-state index contributed by atoms with van der Waals surface area (Å²) in [4.78, 5) is 11.8. The third kappa shape index (κ3) is 4.24. The van der Waals surface area contributed by atoms with Gasteiger partial charge in [0.05, 0.1) is 7.11 Å². The topological polar surface area (TPSA) is 44.8 Å². The van der Waals surface area contributed by atoms with E-state index >= 15 is 0 Å². The van der Waals surface area contributed by atoms with Crippen LogP contribution in [0.5, 0.6) is 17.2 Å². The Balaban J connectivity index is 1.91. The Labute approximate surface area is 124 Å². The number of rotatable bonds is 5. The number of carbonyl (C=O) groups excluding carboxylic acids is 1. The molecule has 21 heavy (non-hydrogen) atoms. The minimum Gasteiger partial charge on any atom is -0.497 e. The highest BCUT2D eigenvalue weighted by Crippen LogP contribution is 2.20. The number of ether oxygens (including phenoxy) is 3. The van der Waals surface area contributed by atoms with Gasteiger partial charge in [-0.2, -0.15) is 0 Å². The zero-order valence-corrected chi connectivity index (χ0v) is 12.4. The van der Waals surface area contributed by atoms with Gasteiger partial charge in [-0.3, -0.25) is 0 Å². The maximum atomic E-state index is 11.8. The van der Waals surface area contributed by atoms with Crippen molar-refractivity contribution in [1.29, 1.82) is 0 Å². The van der Waals surface area contributed by atoms with Crippen molar-refractivity contribution in [2.45, 2.75) is 13.8 Å². The first-order valence-corrected chi connectivity index (χ1v) is 6.63. The average molecular weight is 286 g/mol. The molecule has 0 unspecified atom stereocenters. The lowest BCUT2D eigenvalue weighted by atomic mass is 10.1. The molecule has 2 aromatic rings. The summed E-state index contributed by atoms with van der Waals surface area (Å²) in [5.74, 6) is 1.46. The highest BCUT2D eigenvalue weighted by molar-refractivity contribution is 5.74. The normalized spacial score (nSPS) is 10.0. The first-order valence-electron chi connectivity index (χ1n) is 6.63. The van der Waals surface area contributed by atoms with E-state index in [2.05, 4.69) is 0 Å². The quantitative estimate of drug-likeness (QED) is 0.625. The molecule has 0 fully saturated rings. The number of methoxy groups -OCH3 is 1. The molecular weight excluding hydrogens is 268 g/mol. The predicted molar refractivity (Wildman–Crippen MR) is 80.0 cm³/mol. The minimum atomic E-state index is -0.431. The van der Waals surface area contributed by atoms with Crippen LogP contribution in [-0.2, 0) is 4.79 Å². The summed E-state index contributed by atoms with van der Waals surface area (Å²) < 4.78 is 15.7. The molecule has 0 aliphatic heterocycles. The van der Waals surface area contributed by atoms with Crippen LogP contribution in [0.4, 0.5) is 0 Å². The van der Waals surface area contributed by atoms with Crippen molar-refractivity contribution in [3.05, 3.63) is 53.6 Å². The van der Waals surface area contributed by atoms with E-state index in [0.29, 0.717) is 11.5 Å². The Hall–Kier alpha value is -2.49. The molecule has 2 aromatic carbocycles. The minimum absolute atomic E-state index is 0.139. The first kappa shape index (κ1) is 14.9. The smallest absolute Gasteiger partial charge is 0.349 e. The molecule has 2 rings (SSSR count). The third-order valence-electron chi connectivity index (χ3n) is 2.98. The van der Waals surface area contributed by atoms with Crippen molar-refractivity contribution < 1.29 is 19.0 Å². The van der Waals surface area contributed by atoms with Crippen LogP contribution in [0.3, 0.4) is 0 Å². The maximum Gasteiger partial charge on any atom is 0.349 e. The molecule has 0 aliphatic rings. The molecule has 0 aliphatic carbocycles. The van der Waals surface area contributed by atoms with E-state index in [4.69, 9.17) is 14.2 Å². The van der Waals surface area contributed by atoms with Crippen molar-refractivity contribution in [2.75, 3.05) is 13.7 Å². The van der Waals surface area contributed by atoms with E-state index < -0.39 is 5.97 Å². The highest BCUT2D eigenvalue weighted by Gasteiger charge is 2.08. The van der Waals surface area contributed by atoms with Crippen molar-refractivity contribution in [1.82, 2.24) is 0 Å². The Morgan fingerprint density at radius 3 is 2.33 bits per heavy atom. The fourth-order valence-electron chi connectivity index (χ4n) is 1.78. The molecule has 110 valence electrons. The van der Waals surface area contributed by atoms with Gasteiger partial charge < -0.3 is 14.2 Å². The van der Waals surface area contributed by atoms with E-state index in [-0.39, 0.29) is 6.61 Å². The van der Waals surface area contributed by atoms with Gasteiger partial charge >= 0.3 is 5.97 Å². The second-order valence-electron chi connectivity index (χ2n) is 4.71. The molecule has 0 saturated heterocycles. The second-order valence-corrected chi connectivity index (χ2v) is 4.71. The van der Waals surface area contributed by atoms with E-state index in [9.17, 15) is 4.79 Å². The van der Waals surface area contributed by atoms with Gasteiger partial charge in [0.25, 0.3) is 0 Å². The molecule has 0 saturated carbocycles. The number of benzene rings is 2. The summed E-state index contributed by atoms with van der Waals surface area (Å²) in [5, 5.41) is 0. The van der Waals surface area contributed by atoms with Crippen molar-refractivity contribution in [2.24, 2.45) is 0 Å². The fraction of sp³-hybridized carbons (Fsp3) is 0.235. The number of aryl methyl sites for hydroxylation is 2. The van der Waals surface area contributed by atoms with Gasteiger partial charge in [0, 0.05) is 0 Å². The summed E-state index contributed by atoms with van der Waals surface area (Å²) in [7, 11) is 1.59. The van der Waals surface area contributed by atoms with Crippen molar-refractivity contribution in [3.8, 4) is 17.2 Å². The molecular formula is C17H18O4. The van der Waals surface area contributed by atoms with Gasteiger partial charge in [-0.25, -0.2) is 4.79 Å². The van der Waals surface area contributed by atoms with Gasteiger partial charge in [-0.05, 0) is 55.3 Å². The number of hydrogen-bond acceptors (Lipinski definition) is 4. The SMILES string of the molecule is COc1ccc(OCC(=O)Oc2cc(C)ccc2C)cc1. The van der Waals surface area contributed by atoms with Crippen LogP contribution >= 0.6 is 0 Å². The molecule has 0 bridgehead atoms. The number of carbonyl (C=O) groups is 1. The maximum absolute atomic E-state index is 11.8. The molecule has 0 N–H and O–H groups in total. The van der Waals surface area contributed by atoms with Crippen molar-refractivity contribution in [3.63, 3.8) is 0 Å². The van der Waals surface area contributed by atoms with E-state index in [1.165, 1.54) is 0 Å². The van der Waals surface area contributed by atoms with Crippen LogP contribution < -0.4 is 14.2 Å². The lowest BCUT2D eigenvalue weighted by Crippen LogP contribution is -2.18. The van der Waals surface area contributed by atoms with Gasteiger partial charge in [0.15, 0.2) is 6.61 Å². The zero-order valence-electron chi connectivity index (χ0n) is 12.4. The Bertz CT molecular complexity index is 617. The van der Waals surface area contributed by atoms with Crippen LogP contribution in [0.2, 0.25) is 0 Å². The summed E-state index contributed by atoms with van der Waals surface area (Å²) in [6.07, 6.45) is 0. The number of hydrogen-bond donors (Lipinski definition) is 0. The molecule has 0 aromatic heterocycles. The van der Waals surface area contributed by atoms with Crippen LogP contribution in [0.1, 0.15) is 11.1 Å². The molecule has 4 nitrogen and oxygen atoms in total. The van der Waals surface area contributed by atoms with Gasteiger partial charge in [0.1, 0.15) is 17.2 Å². The summed E-state index contributed by atoms with van der Waals surface area (Å²) in [6, 6.07) is 12.7. The molecule has 0 spiro atoms. The van der Waals surface area contributed by atoms with Crippen LogP contribution in [-0.4, -0.2) is 19.7 Å². The van der Waals surface area contributed by atoms with E-state index in [0.717, 1.165) is 16.9 Å². The van der Waals surface area contributed by atoms with Gasteiger partial charge in [0.2, 0.25) is 0 Å². The summed E-state index contributed by atoms with van der Waals surface area (Å²) in [6.45, 7) is 3.71. The van der Waals surface area contributed by atoms with Gasteiger partial charge in [-0.1, -0.05) is 12.1 Å². The molecule has 0 heterocycles. The van der Waals surface area contributed by atoms with E-state index in [1.807, 2.05) is 32.0 Å². The summed E-state index contributed by atoms with van der Waals surface area (Å²) in [5.41, 5.74) is 1.96. The molecule has 0 amide bonds. The average Bonchev–Trinajstić information content (AvgIpc) is 2.49. The molecule has 0 atom stereocenters. The van der Waals surface area contributed by atoms with Crippen LogP contribution in [0.25, 0.3) is 0 Å². The fourth-order valence-corrected chi connectivity index (χ4v) is 1.78. The van der Waals surface area contributed by atoms with Crippen LogP contribution in [0.15, 0.2) is 42.5 Å². The third-order valence-corrected chi connectivity index (χ3v) is 2.98. The standard InChI is InChI=1S/C17H18O4/c1-12-4-5-13(2)16(10-12)21-17(18)11-20-15-8-6-14(19-3)7-9-15/h4-10H,11H2,1-3H3. The lowest BCUT2D eigenvalue weighted by molar-refractivity contribution is -0.136. The number of esters is 1. The lowest BCUT2D eigenvalue weighted by Gasteiger charge is -2.09. The van der Waals surface area contributed by atoms with Gasteiger partial charge in [-0.15, -0.1) is 0 Å². The summed E-state index contributed by atoms with van der Waals surface area (Å²) >= 11 is 0. The monoisotopic (exact) mass is 286 g/mol. The first-order chi connectivity index (χ1) is 10.1. The predicted octanol–water partition coefficient (Wildman–Crippen LogP) is 3.30. The largest absolute Gasteiger partial charge is 0.497 e.